The van der Waals surface area contributed by atoms with Gasteiger partial charge < -0.3 is 27.8 Å². The molecule has 2 aromatic carbocycles. The first-order chi connectivity index (χ1) is 16.1. The number of nitrogens with one attached hydrogen (secondary N) is 2. The summed E-state index contributed by atoms with van der Waals surface area (Å²) >= 11 is 0. The smallest absolute Gasteiger partial charge is 0.0635 e. The topological polar surface area (TPSA) is 126 Å². The molecule has 2 aromatic rings. The molecule has 3 rings (SSSR count). The lowest BCUT2D eigenvalue weighted by atomic mass is 10.2. The molecule has 0 bridgehead atoms. The van der Waals surface area contributed by atoms with Gasteiger partial charge in [-0.3, -0.25) is 0 Å². The minimum Gasteiger partial charge on any atom is -0.333 e. The fourth-order valence-electron chi connectivity index (χ4n) is 1.53. The van der Waals surface area contributed by atoms with E-state index in [9.17, 15) is 0 Å². The van der Waals surface area contributed by atoms with E-state index < -0.39 is 0 Å². The molecule has 8 N–H and O–H groups in total. The van der Waals surface area contributed by atoms with Crippen LogP contribution in [0.4, 0.5) is 0 Å². The van der Waals surface area contributed by atoms with Crippen LogP contribution in [0.2, 0.25) is 0 Å². The highest BCUT2D eigenvalue weighted by atomic mass is 14.8. The molecule has 0 aromatic heterocycles. The van der Waals surface area contributed by atoms with Gasteiger partial charge in [-0.1, -0.05) is 91.1 Å². The lowest BCUT2D eigenvalue weighted by Crippen LogP contribution is -2.12. The van der Waals surface area contributed by atoms with Crippen LogP contribution in [-0.4, -0.2) is 47.8 Å². The number of aryl methyl sites for hydroxylation is 2. The van der Waals surface area contributed by atoms with E-state index in [-0.39, 0.29) is 0 Å². The number of nitrogens with zero attached hydrogens (tertiary/aromatic N) is 1. The van der Waals surface area contributed by atoms with Crippen molar-refractivity contribution in [2.45, 2.75) is 46.0 Å². The van der Waals surface area contributed by atoms with E-state index >= 15 is 0 Å². The maximum atomic E-state index is 7.91. The summed E-state index contributed by atoms with van der Waals surface area (Å²) in [5, 5.41) is 13.7. The second kappa shape index (κ2) is 40.1. The second-order valence-corrected chi connectivity index (χ2v) is 6.63. The highest BCUT2D eigenvalue weighted by molar-refractivity contribution is 5.12. The third kappa shape index (κ3) is 53.2. The van der Waals surface area contributed by atoms with Gasteiger partial charge in [-0.25, -0.2) is 0 Å². The zero-order valence-corrected chi connectivity index (χ0v) is 22.1. The first kappa shape index (κ1) is 38.0. The number of hydrogen-bond donors (Lipinski definition) is 5. The molecule has 0 heterocycles. The van der Waals surface area contributed by atoms with E-state index in [1.165, 1.54) is 44.5 Å². The second-order valence-electron chi connectivity index (χ2n) is 6.63. The van der Waals surface area contributed by atoms with Gasteiger partial charge in [0.2, 0.25) is 0 Å². The molecule has 190 valence electrons. The van der Waals surface area contributed by atoms with E-state index in [1.54, 1.807) is 0 Å². The Morgan fingerprint density at radius 1 is 0.727 bits per heavy atom. The van der Waals surface area contributed by atoms with Crippen LogP contribution in [0.3, 0.4) is 0 Å². The number of rotatable bonds is 5. The average molecular weight is 461 g/mol. The van der Waals surface area contributed by atoms with Crippen molar-refractivity contribution in [3.63, 3.8) is 0 Å². The Hall–Kier alpha value is -2.27. The Morgan fingerprint density at radius 3 is 1.21 bits per heavy atom. The molecule has 0 amide bonds. The Labute approximate surface area is 205 Å². The van der Waals surface area contributed by atoms with E-state index in [4.69, 9.17) is 11.0 Å². The summed E-state index contributed by atoms with van der Waals surface area (Å²) < 4.78 is 0. The van der Waals surface area contributed by atoms with Crippen LogP contribution in [0.1, 0.15) is 43.2 Å². The SMILES string of the molecule is C1CC1.CN.CN.CNCCC#N.CNCCCN.Cc1ccccc1.Cc1ccccc1. The standard InChI is InChI=1S/2C7H8.C4H12N2.C4H8N2.C3H6.2CH5N/c2*1-7-5-3-2-4-6-7;2*1-6-4-2-3-5;1-2-3-1;2*1-2/h2*2-6H,1H3;6H,2-5H2,1H3;6H,2,4H2,1H3;1-3H2;2*2H2,1H3. The number of nitriles is 1. The van der Waals surface area contributed by atoms with Gasteiger partial charge in [0, 0.05) is 13.0 Å². The normalized spacial score (nSPS) is 9.21. The highest BCUT2D eigenvalue weighted by Gasteiger charge is 1.95. The molecule has 1 aliphatic rings. The van der Waals surface area contributed by atoms with E-state index in [1.807, 2.05) is 56.6 Å². The Kier molecular flexibility index (Phi) is 46.2. The Balaban J connectivity index is -0.000000156. The zero-order chi connectivity index (χ0) is 26.0. The third-order valence-corrected chi connectivity index (χ3v) is 3.35. The lowest BCUT2D eigenvalue weighted by molar-refractivity contribution is 0.733. The highest BCUT2D eigenvalue weighted by Crippen LogP contribution is 2.14. The summed E-state index contributed by atoms with van der Waals surface area (Å²) in [6, 6.07) is 22.5. The minimum atomic E-state index is 0.608. The minimum absolute atomic E-state index is 0.608. The third-order valence-electron chi connectivity index (χ3n) is 3.35. The zero-order valence-electron chi connectivity index (χ0n) is 22.1. The predicted octanol–water partition coefficient (Wildman–Crippen LogP) is 3.98. The van der Waals surface area contributed by atoms with Crippen molar-refractivity contribution >= 4 is 0 Å². The van der Waals surface area contributed by atoms with Crippen LogP contribution >= 0.6 is 0 Å². The van der Waals surface area contributed by atoms with Crippen LogP contribution in [-0.2, 0) is 0 Å². The van der Waals surface area contributed by atoms with Gasteiger partial charge in [-0.15, -0.1) is 0 Å². The van der Waals surface area contributed by atoms with Crippen molar-refractivity contribution in [1.82, 2.24) is 10.6 Å². The van der Waals surface area contributed by atoms with E-state index in [0.717, 1.165) is 26.1 Å². The molecule has 6 heteroatoms. The number of hydrogen-bond acceptors (Lipinski definition) is 6. The van der Waals surface area contributed by atoms with Crippen molar-refractivity contribution in [3.05, 3.63) is 71.8 Å². The maximum Gasteiger partial charge on any atom is 0.0635 e. The molecule has 0 atom stereocenters. The molecule has 1 fully saturated rings. The molecule has 0 aliphatic heterocycles. The van der Waals surface area contributed by atoms with Crippen molar-refractivity contribution < 1.29 is 0 Å². The van der Waals surface area contributed by atoms with E-state index in [2.05, 4.69) is 60.2 Å². The summed E-state index contributed by atoms with van der Waals surface area (Å²) in [5.41, 5.74) is 16.8. The van der Waals surface area contributed by atoms with Crippen molar-refractivity contribution in [2.75, 3.05) is 47.8 Å². The van der Waals surface area contributed by atoms with Gasteiger partial charge in [0.1, 0.15) is 0 Å². The van der Waals surface area contributed by atoms with Gasteiger partial charge in [0.15, 0.2) is 0 Å². The van der Waals surface area contributed by atoms with Crippen molar-refractivity contribution in [3.8, 4) is 6.07 Å². The predicted molar refractivity (Wildman–Crippen MR) is 148 cm³/mol. The van der Waals surface area contributed by atoms with Gasteiger partial charge in [-0.05, 0) is 61.5 Å². The quantitative estimate of drug-likeness (QED) is 0.430. The first-order valence-electron chi connectivity index (χ1n) is 11.7. The number of benzene rings is 2. The van der Waals surface area contributed by atoms with Gasteiger partial charge in [0.25, 0.3) is 0 Å². The lowest BCUT2D eigenvalue weighted by Gasteiger charge is -1.90. The molecular formula is C27H52N6. The van der Waals surface area contributed by atoms with Crippen LogP contribution < -0.4 is 27.8 Å². The van der Waals surface area contributed by atoms with E-state index in [0.29, 0.717) is 6.42 Å². The average Bonchev–Trinajstić information content (AvgIpc) is 3.76. The molecule has 0 saturated heterocycles. The maximum absolute atomic E-state index is 7.91. The van der Waals surface area contributed by atoms with Gasteiger partial charge >= 0.3 is 0 Å². The number of nitrogens with two attached hydrogens (primary N) is 3. The fraction of sp³-hybridized carbons (Fsp3) is 0.519. The summed E-state index contributed by atoms with van der Waals surface area (Å²) in [7, 11) is 6.76. The Bertz CT molecular complexity index is 524. The van der Waals surface area contributed by atoms with Crippen molar-refractivity contribution in [1.29, 1.82) is 5.26 Å². The molecule has 0 spiro atoms. The van der Waals surface area contributed by atoms with Crippen molar-refractivity contribution in [2.24, 2.45) is 17.2 Å². The van der Waals surface area contributed by atoms with Gasteiger partial charge in [-0.2, -0.15) is 5.26 Å². The largest absolute Gasteiger partial charge is 0.333 e. The monoisotopic (exact) mass is 460 g/mol. The van der Waals surface area contributed by atoms with Crippen LogP contribution in [0, 0.1) is 25.2 Å². The summed E-state index contributed by atoms with van der Waals surface area (Å²) in [5.74, 6) is 0. The Morgan fingerprint density at radius 2 is 1.09 bits per heavy atom. The molecule has 0 unspecified atom stereocenters. The molecular weight excluding hydrogens is 408 g/mol. The molecule has 0 radical (unpaired) electrons. The van der Waals surface area contributed by atoms with Crippen LogP contribution in [0.5, 0.6) is 0 Å². The summed E-state index contributed by atoms with van der Waals surface area (Å²) in [6.45, 7) is 6.80. The fourth-order valence-corrected chi connectivity index (χ4v) is 1.53. The first-order valence-corrected chi connectivity index (χ1v) is 11.7. The summed E-state index contributed by atoms with van der Waals surface area (Å²) in [6.07, 6.45) is 6.19. The molecule has 1 saturated carbocycles. The molecule has 33 heavy (non-hydrogen) atoms. The molecule has 1 aliphatic carbocycles. The van der Waals surface area contributed by atoms with Crippen LogP contribution in [0.25, 0.3) is 0 Å². The molecule has 6 nitrogen and oxygen atoms in total. The summed E-state index contributed by atoms with van der Waals surface area (Å²) in [4.78, 5) is 0. The van der Waals surface area contributed by atoms with Crippen LogP contribution in [0.15, 0.2) is 60.7 Å². The van der Waals surface area contributed by atoms with Gasteiger partial charge in [0.05, 0.1) is 6.07 Å².